The molecule has 34 heavy (non-hydrogen) atoms. The summed E-state index contributed by atoms with van der Waals surface area (Å²) in [4.78, 5) is 29.6. The highest BCUT2D eigenvalue weighted by Crippen LogP contribution is 2.23. The fraction of sp³-hybridized carbons (Fsp3) is 0.385. The Hall–Kier alpha value is -3.13. The normalized spacial score (nSPS) is 16.0. The van der Waals surface area contributed by atoms with Gasteiger partial charge in [0.2, 0.25) is 5.91 Å². The fourth-order valence-electron chi connectivity index (χ4n) is 4.31. The van der Waals surface area contributed by atoms with Crippen LogP contribution < -0.4 is 0 Å². The van der Waals surface area contributed by atoms with Gasteiger partial charge in [0.05, 0.1) is 0 Å². The maximum atomic E-state index is 13.0. The van der Waals surface area contributed by atoms with Crippen molar-refractivity contribution in [3.05, 3.63) is 71.5 Å². The van der Waals surface area contributed by atoms with Crippen LogP contribution in [-0.4, -0.2) is 67.8 Å². The molecule has 0 N–H and O–H groups in total. The average Bonchev–Trinajstić information content (AvgIpc) is 3.22. The number of para-hydroxylation sites is 1. The predicted molar refractivity (Wildman–Crippen MR) is 134 cm³/mol. The number of carbonyl (C=O) groups is 2. The molecule has 2 aromatic carbocycles. The molecule has 7 nitrogen and oxygen atoms in total. The van der Waals surface area contributed by atoms with Crippen LogP contribution in [0.3, 0.4) is 0 Å². The van der Waals surface area contributed by atoms with Crippen LogP contribution in [0.4, 0.5) is 0 Å². The molecule has 1 atom stereocenters. The molecule has 0 radical (unpaired) electrons. The summed E-state index contributed by atoms with van der Waals surface area (Å²) in [6.45, 7) is 7.64. The molecule has 1 fully saturated rings. The second-order valence-electron chi connectivity index (χ2n) is 8.66. The van der Waals surface area contributed by atoms with Crippen molar-refractivity contribution in [1.29, 1.82) is 0 Å². The number of hydrogen-bond acceptors (Lipinski definition) is 5. The first-order chi connectivity index (χ1) is 16.5. The van der Waals surface area contributed by atoms with E-state index in [1.165, 1.54) is 0 Å². The van der Waals surface area contributed by atoms with Crippen LogP contribution >= 0.6 is 11.8 Å². The molecule has 178 valence electrons. The van der Waals surface area contributed by atoms with Crippen LogP contribution in [0.5, 0.6) is 0 Å². The van der Waals surface area contributed by atoms with E-state index in [9.17, 15) is 9.59 Å². The quantitative estimate of drug-likeness (QED) is 0.378. The van der Waals surface area contributed by atoms with Gasteiger partial charge in [-0.2, -0.15) is 0 Å². The van der Waals surface area contributed by atoms with E-state index < -0.39 is 0 Å². The fourth-order valence-corrected chi connectivity index (χ4v) is 5.25. The number of benzene rings is 2. The lowest BCUT2D eigenvalue weighted by molar-refractivity contribution is -0.133. The Morgan fingerprint density at radius 3 is 2.47 bits per heavy atom. The number of hydrogen-bond donors (Lipinski definition) is 0. The maximum absolute atomic E-state index is 13.0. The summed E-state index contributed by atoms with van der Waals surface area (Å²) in [5.41, 5.74) is 2.76. The maximum Gasteiger partial charge on any atom is 0.254 e. The van der Waals surface area contributed by atoms with Crippen LogP contribution in [0.1, 0.15) is 41.5 Å². The van der Waals surface area contributed by atoms with E-state index in [4.69, 9.17) is 0 Å². The highest BCUT2D eigenvalue weighted by atomic mass is 32.2. The Morgan fingerprint density at radius 1 is 1.00 bits per heavy atom. The van der Waals surface area contributed by atoms with Gasteiger partial charge in [0.15, 0.2) is 5.16 Å². The molecule has 1 aliphatic heterocycles. The van der Waals surface area contributed by atoms with E-state index in [0.717, 1.165) is 40.0 Å². The lowest BCUT2D eigenvalue weighted by Crippen LogP contribution is -2.55. The van der Waals surface area contributed by atoms with Crippen molar-refractivity contribution in [1.82, 2.24) is 24.6 Å². The SMILES string of the molecule is Cc1ccccc1C(=O)N1CCN(C(=O)CCCSc2nnc(C)n2-c2ccccc2)CC1C. The van der Waals surface area contributed by atoms with Gasteiger partial charge in [0.25, 0.3) is 5.91 Å². The highest BCUT2D eigenvalue weighted by Gasteiger charge is 2.30. The first-order valence-corrected chi connectivity index (χ1v) is 12.7. The van der Waals surface area contributed by atoms with E-state index >= 15 is 0 Å². The Bertz CT molecular complexity index is 1150. The van der Waals surface area contributed by atoms with E-state index in [0.29, 0.717) is 26.1 Å². The predicted octanol–water partition coefficient (Wildman–Crippen LogP) is 4.13. The van der Waals surface area contributed by atoms with E-state index in [2.05, 4.69) is 10.2 Å². The Morgan fingerprint density at radius 2 is 1.74 bits per heavy atom. The third-order valence-corrected chi connectivity index (χ3v) is 7.21. The molecule has 2 amide bonds. The van der Waals surface area contributed by atoms with Gasteiger partial charge >= 0.3 is 0 Å². The van der Waals surface area contributed by atoms with Crippen LogP contribution in [0, 0.1) is 13.8 Å². The zero-order chi connectivity index (χ0) is 24.1. The van der Waals surface area contributed by atoms with Gasteiger partial charge in [-0.05, 0) is 51.0 Å². The Balaban J connectivity index is 1.26. The molecular weight excluding hydrogens is 446 g/mol. The summed E-state index contributed by atoms with van der Waals surface area (Å²) in [5.74, 6) is 1.83. The topological polar surface area (TPSA) is 71.3 Å². The molecule has 4 rings (SSSR count). The second-order valence-corrected chi connectivity index (χ2v) is 9.72. The molecule has 1 unspecified atom stereocenters. The van der Waals surface area contributed by atoms with Crippen molar-refractivity contribution < 1.29 is 9.59 Å². The number of amides is 2. The molecule has 8 heteroatoms. The first kappa shape index (κ1) is 24.0. The Labute approximate surface area is 205 Å². The summed E-state index contributed by atoms with van der Waals surface area (Å²) in [6, 6.07) is 17.7. The van der Waals surface area contributed by atoms with Crippen molar-refractivity contribution in [2.24, 2.45) is 0 Å². The van der Waals surface area contributed by atoms with Crippen molar-refractivity contribution in [2.45, 2.75) is 44.8 Å². The van der Waals surface area contributed by atoms with Crippen molar-refractivity contribution in [3.63, 3.8) is 0 Å². The average molecular weight is 478 g/mol. The molecule has 0 spiro atoms. The largest absolute Gasteiger partial charge is 0.339 e. The minimum Gasteiger partial charge on any atom is -0.339 e. The van der Waals surface area contributed by atoms with E-state index in [1.807, 2.05) is 89.7 Å². The van der Waals surface area contributed by atoms with E-state index in [-0.39, 0.29) is 17.9 Å². The summed E-state index contributed by atoms with van der Waals surface area (Å²) in [5, 5.41) is 9.37. The third-order valence-electron chi connectivity index (χ3n) is 6.19. The summed E-state index contributed by atoms with van der Waals surface area (Å²) in [7, 11) is 0. The number of thioether (sulfide) groups is 1. The molecule has 1 saturated heterocycles. The van der Waals surface area contributed by atoms with Gasteiger partial charge in [0.1, 0.15) is 5.82 Å². The summed E-state index contributed by atoms with van der Waals surface area (Å²) >= 11 is 1.62. The molecule has 0 saturated carbocycles. The van der Waals surface area contributed by atoms with Crippen LogP contribution in [0.25, 0.3) is 5.69 Å². The minimum absolute atomic E-state index is 0.00780. The van der Waals surface area contributed by atoms with Gasteiger partial charge in [-0.3, -0.25) is 14.2 Å². The number of piperazine rings is 1. The minimum atomic E-state index is -0.00780. The smallest absolute Gasteiger partial charge is 0.254 e. The molecule has 1 aromatic heterocycles. The summed E-state index contributed by atoms with van der Waals surface area (Å²) < 4.78 is 2.04. The summed E-state index contributed by atoms with van der Waals surface area (Å²) in [6.07, 6.45) is 1.25. The molecular formula is C26H31N5O2S. The zero-order valence-corrected chi connectivity index (χ0v) is 20.8. The first-order valence-electron chi connectivity index (χ1n) is 11.7. The number of aromatic nitrogens is 3. The molecule has 1 aliphatic rings. The van der Waals surface area contributed by atoms with Gasteiger partial charge in [-0.15, -0.1) is 10.2 Å². The third kappa shape index (κ3) is 5.33. The molecule has 0 aliphatic carbocycles. The molecule has 2 heterocycles. The lowest BCUT2D eigenvalue weighted by atomic mass is 10.1. The van der Waals surface area contributed by atoms with Crippen LogP contribution in [0.15, 0.2) is 59.8 Å². The van der Waals surface area contributed by atoms with Gasteiger partial charge < -0.3 is 9.80 Å². The van der Waals surface area contributed by atoms with Gasteiger partial charge in [-0.1, -0.05) is 48.2 Å². The Kier molecular flexibility index (Phi) is 7.67. The van der Waals surface area contributed by atoms with E-state index in [1.54, 1.807) is 11.8 Å². The standard InChI is InChI=1S/C26H31N5O2S/c1-19-10-7-8-13-23(19)25(33)30-16-15-29(18-20(30)2)24(32)14-9-17-34-26-28-27-21(3)31(26)22-11-5-4-6-12-22/h4-8,10-13,20H,9,14-18H2,1-3H3. The van der Waals surface area contributed by atoms with Gasteiger partial charge in [-0.25, -0.2) is 0 Å². The lowest BCUT2D eigenvalue weighted by Gasteiger charge is -2.40. The number of nitrogens with zero attached hydrogens (tertiary/aromatic N) is 5. The second kappa shape index (κ2) is 10.9. The van der Waals surface area contributed by atoms with Crippen molar-refractivity contribution in [2.75, 3.05) is 25.4 Å². The van der Waals surface area contributed by atoms with Crippen molar-refractivity contribution >= 4 is 23.6 Å². The monoisotopic (exact) mass is 477 g/mol. The molecule has 3 aromatic rings. The van der Waals surface area contributed by atoms with Crippen molar-refractivity contribution in [3.8, 4) is 5.69 Å². The number of rotatable bonds is 7. The highest BCUT2D eigenvalue weighted by molar-refractivity contribution is 7.99. The number of carbonyl (C=O) groups excluding carboxylic acids is 2. The van der Waals surface area contributed by atoms with Crippen LogP contribution in [0.2, 0.25) is 0 Å². The number of aryl methyl sites for hydroxylation is 2. The van der Waals surface area contributed by atoms with Crippen LogP contribution in [-0.2, 0) is 4.79 Å². The van der Waals surface area contributed by atoms with Gasteiger partial charge in [0, 0.05) is 49.1 Å². The zero-order valence-electron chi connectivity index (χ0n) is 20.0. The molecule has 0 bridgehead atoms.